The van der Waals surface area contributed by atoms with Crippen LogP contribution in [0.3, 0.4) is 0 Å². The van der Waals surface area contributed by atoms with Crippen LogP contribution in [0.15, 0.2) is 43.0 Å². The highest BCUT2D eigenvalue weighted by Crippen LogP contribution is 2.37. The summed E-state index contributed by atoms with van der Waals surface area (Å²) in [6.45, 7) is 17.1. The van der Waals surface area contributed by atoms with Gasteiger partial charge in [-0.1, -0.05) is 38.1 Å². The molecule has 1 atom stereocenters. The van der Waals surface area contributed by atoms with Crippen LogP contribution in [0.1, 0.15) is 39.7 Å². The minimum absolute atomic E-state index is 0.336. The highest BCUT2D eigenvalue weighted by molar-refractivity contribution is 5.64. The Morgan fingerprint density at radius 2 is 2.04 bits per heavy atom. The van der Waals surface area contributed by atoms with E-state index in [0.29, 0.717) is 12.6 Å². The molecule has 1 aromatic carbocycles. The first kappa shape index (κ1) is 21.3. The van der Waals surface area contributed by atoms with Gasteiger partial charge in [0.1, 0.15) is 5.75 Å². The van der Waals surface area contributed by atoms with E-state index < -0.39 is 0 Å². The van der Waals surface area contributed by atoms with E-state index in [-0.39, 0.29) is 0 Å². The second-order valence-corrected chi connectivity index (χ2v) is 5.25. The zero-order valence-electron chi connectivity index (χ0n) is 15.6. The minimum Gasteiger partial charge on any atom is -0.496 e. The molecular formula is C20H34N2O. The number of nitrogens with zero attached hydrogens (tertiary/aromatic N) is 1. The lowest BCUT2D eigenvalue weighted by Gasteiger charge is -2.30. The zero-order valence-corrected chi connectivity index (χ0v) is 15.6. The molecule has 1 aliphatic heterocycles. The van der Waals surface area contributed by atoms with Crippen molar-refractivity contribution in [2.45, 2.75) is 46.6 Å². The number of hydrogen-bond donors (Lipinski definition) is 1. The van der Waals surface area contributed by atoms with Crippen molar-refractivity contribution in [3.05, 3.63) is 48.6 Å². The van der Waals surface area contributed by atoms with Crippen molar-refractivity contribution in [1.82, 2.24) is 0 Å². The first-order chi connectivity index (χ1) is 11.1. The molecule has 1 aromatic rings. The van der Waals surface area contributed by atoms with Gasteiger partial charge in [0.2, 0.25) is 0 Å². The summed E-state index contributed by atoms with van der Waals surface area (Å²) in [5, 5.41) is 0. The molecule has 1 aliphatic rings. The van der Waals surface area contributed by atoms with Gasteiger partial charge in [0.05, 0.1) is 13.2 Å². The Morgan fingerprint density at radius 3 is 2.52 bits per heavy atom. The summed E-state index contributed by atoms with van der Waals surface area (Å²) in [5.74, 6) is 0.989. The Hall–Kier alpha value is -1.74. The predicted molar refractivity (Wildman–Crippen MR) is 104 cm³/mol. The van der Waals surface area contributed by atoms with E-state index in [9.17, 15) is 0 Å². The van der Waals surface area contributed by atoms with Gasteiger partial charge >= 0.3 is 0 Å². The molecule has 23 heavy (non-hydrogen) atoms. The van der Waals surface area contributed by atoms with E-state index in [0.717, 1.165) is 25.1 Å². The number of rotatable bonds is 5. The van der Waals surface area contributed by atoms with Gasteiger partial charge in [-0.05, 0) is 45.4 Å². The highest BCUT2D eigenvalue weighted by Gasteiger charge is 2.27. The van der Waals surface area contributed by atoms with E-state index in [1.807, 2.05) is 32.9 Å². The van der Waals surface area contributed by atoms with Crippen LogP contribution in [-0.4, -0.2) is 26.2 Å². The summed E-state index contributed by atoms with van der Waals surface area (Å²) in [7, 11) is 1.73. The molecule has 0 spiro atoms. The summed E-state index contributed by atoms with van der Waals surface area (Å²) >= 11 is 0. The van der Waals surface area contributed by atoms with Gasteiger partial charge in [0, 0.05) is 17.8 Å². The third kappa shape index (κ3) is 5.76. The summed E-state index contributed by atoms with van der Waals surface area (Å²) in [4.78, 5) is 2.41. The SMILES string of the molecule is C=C(C)C(CCN)N1CCc2c(OC)cccc21.C=CC.CC. The topological polar surface area (TPSA) is 38.5 Å². The Balaban J connectivity index is 0.000000868. The monoisotopic (exact) mass is 318 g/mol. The molecular weight excluding hydrogens is 284 g/mol. The van der Waals surface area contributed by atoms with E-state index in [1.165, 1.54) is 16.8 Å². The fourth-order valence-electron chi connectivity index (χ4n) is 2.77. The molecule has 130 valence electrons. The minimum atomic E-state index is 0.336. The Bertz CT molecular complexity index is 483. The van der Waals surface area contributed by atoms with Crippen LogP contribution in [0.2, 0.25) is 0 Å². The second kappa shape index (κ2) is 11.8. The maximum atomic E-state index is 5.72. The summed E-state index contributed by atoms with van der Waals surface area (Å²) in [6, 6.07) is 6.58. The average molecular weight is 319 g/mol. The lowest BCUT2D eigenvalue weighted by molar-refractivity contribution is 0.411. The maximum Gasteiger partial charge on any atom is 0.124 e. The van der Waals surface area contributed by atoms with Crippen molar-refractivity contribution in [2.24, 2.45) is 5.73 Å². The number of hydrogen-bond acceptors (Lipinski definition) is 3. The van der Waals surface area contributed by atoms with Gasteiger partial charge in [-0.25, -0.2) is 0 Å². The number of ether oxygens (including phenoxy) is 1. The normalized spacial score (nSPS) is 12.9. The molecule has 0 bridgehead atoms. The van der Waals surface area contributed by atoms with E-state index in [2.05, 4.69) is 31.0 Å². The van der Waals surface area contributed by atoms with E-state index in [4.69, 9.17) is 10.5 Å². The second-order valence-electron chi connectivity index (χ2n) is 5.25. The molecule has 3 heteroatoms. The van der Waals surface area contributed by atoms with Crippen molar-refractivity contribution in [2.75, 3.05) is 25.1 Å². The maximum absolute atomic E-state index is 5.72. The van der Waals surface area contributed by atoms with Crippen molar-refractivity contribution >= 4 is 5.69 Å². The van der Waals surface area contributed by atoms with Crippen molar-refractivity contribution in [1.29, 1.82) is 0 Å². The molecule has 0 saturated heterocycles. The van der Waals surface area contributed by atoms with Crippen LogP contribution in [0.25, 0.3) is 0 Å². The molecule has 0 amide bonds. The number of methoxy groups -OCH3 is 1. The third-order valence-corrected chi connectivity index (χ3v) is 3.63. The first-order valence-corrected chi connectivity index (χ1v) is 8.45. The van der Waals surface area contributed by atoms with Gasteiger partial charge in [-0.2, -0.15) is 0 Å². The van der Waals surface area contributed by atoms with Gasteiger partial charge in [-0.3, -0.25) is 0 Å². The first-order valence-electron chi connectivity index (χ1n) is 8.45. The lowest BCUT2D eigenvalue weighted by atomic mass is 10.0. The fourth-order valence-corrected chi connectivity index (χ4v) is 2.77. The zero-order chi connectivity index (χ0) is 17.8. The molecule has 0 saturated carbocycles. The van der Waals surface area contributed by atoms with E-state index >= 15 is 0 Å². The summed E-state index contributed by atoms with van der Waals surface area (Å²) in [5.41, 5.74) is 9.48. The lowest BCUT2D eigenvalue weighted by Crippen LogP contribution is -2.36. The van der Waals surface area contributed by atoms with Crippen LogP contribution in [-0.2, 0) is 6.42 Å². The quantitative estimate of drug-likeness (QED) is 0.808. The van der Waals surface area contributed by atoms with Crippen molar-refractivity contribution in [3.8, 4) is 5.75 Å². The highest BCUT2D eigenvalue weighted by atomic mass is 16.5. The number of allylic oxidation sites excluding steroid dienone is 1. The molecule has 1 unspecified atom stereocenters. The predicted octanol–water partition coefficient (Wildman–Crippen LogP) is 4.57. The van der Waals surface area contributed by atoms with Gasteiger partial charge in [-0.15, -0.1) is 6.58 Å². The smallest absolute Gasteiger partial charge is 0.124 e. The summed E-state index contributed by atoms with van der Waals surface area (Å²) in [6.07, 6.45) is 3.74. The number of benzene rings is 1. The van der Waals surface area contributed by atoms with Crippen molar-refractivity contribution < 1.29 is 4.74 Å². The fraction of sp³-hybridized carbons (Fsp3) is 0.500. The van der Waals surface area contributed by atoms with Crippen LogP contribution >= 0.6 is 0 Å². The molecule has 3 nitrogen and oxygen atoms in total. The number of fused-ring (bicyclic) bond motifs is 1. The van der Waals surface area contributed by atoms with Crippen LogP contribution in [0.5, 0.6) is 5.75 Å². The Labute approximate surface area is 142 Å². The average Bonchev–Trinajstić information content (AvgIpc) is 2.98. The largest absolute Gasteiger partial charge is 0.496 e. The Kier molecular flexibility index (Phi) is 10.9. The molecule has 1 heterocycles. The summed E-state index contributed by atoms with van der Waals surface area (Å²) < 4.78 is 5.43. The van der Waals surface area contributed by atoms with Gasteiger partial charge in [0.25, 0.3) is 0 Å². The van der Waals surface area contributed by atoms with Crippen LogP contribution in [0, 0.1) is 0 Å². The molecule has 0 aliphatic carbocycles. The molecule has 0 aromatic heterocycles. The number of anilines is 1. The van der Waals surface area contributed by atoms with E-state index in [1.54, 1.807) is 13.2 Å². The molecule has 2 rings (SSSR count). The third-order valence-electron chi connectivity index (χ3n) is 3.63. The molecule has 0 radical (unpaired) electrons. The number of nitrogens with two attached hydrogens (primary N) is 1. The van der Waals surface area contributed by atoms with Gasteiger partial charge < -0.3 is 15.4 Å². The standard InChI is InChI=1S/C15H22N2O.C3H6.C2H6/c1-11(2)13(7-9-16)17-10-8-12-14(17)5-4-6-15(12)18-3;1-3-2;1-2/h4-6,13H,1,7-10,16H2,2-3H3;3H,1H2,2H3;1-2H3. The van der Waals surface area contributed by atoms with Crippen LogP contribution in [0.4, 0.5) is 5.69 Å². The van der Waals surface area contributed by atoms with Crippen LogP contribution < -0.4 is 15.4 Å². The molecule has 0 fully saturated rings. The van der Waals surface area contributed by atoms with Crippen molar-refractivity contribution in [3.63, 3.8) is 0 Å². The molecule has 2 N–H and O–H groups in total. The Morgan fingerprint density at radius 1 is 1.43 bits per heavy atom. The van der Waals surface area contributed by atoms with Gasteiger partial charge in [0.15, 0.2) is 0 Å².